The Morgan fingerprint density at radius 1 is 0.959 bits per heavy atom. The van der Waals surface area contributed by atoms with Gasteiger partial charge in [-0.3, -0.25) is 9.59 Å². The van der Waals surface area contributed by atoms with Gasteiger partial charge in [0.15, 0.2) is 8.32 Å². The van der Waals surface area contributed by atoms with Crippen LogP contribution in [-0.4, -0.2) is 63.4 Å². The van der Waals surface area contributed by atoms with E-state index in [0.717, 1.165) is 55.7 Å². The number of aromatic nitrogens is 1. The smallest absolute Gasteiger partial charge is 0.248 e. The maximum Gasteiger partial charge on any atom is 0.248 e. The Balaban J connectivity index is 1.23. The van der Waals surface area contributed by atoms with E-state index in [2.05, 4.69) is 60.4 Å². The summed E-state index contributed by atoms with van der Waals surface area (Å²) in [6.07, 6.45) is 8.99. The van der Waals surface area contributed by atoms with Crippen LogP contribution in [0.3, 0.4) is 0 Å². The molecule has 3 N–H and O–H groups in total. The van der Waals surface area contributed by atoms with Gasteiger partial charge in [-0.25, -0.2) is 0 Å². The number of nitrogens with zero attached hydrogens (tertiary/aromatic N) is 1. The van der Waals surface area contributed by atoms with Crippen LogP contribution >= 0.6 is 0 Å². The molecular formula is C40H60N4O4Si. The van der Waals surface area contributed by atoms with E-state index in [-0.39, 0.29) is 22.6 Å². The molecule has 0 bridgehead atoms. The fraction of sp³-hybridized carbons (Fsp3) is 0.600. The number of nitrogens with one attached hydrogen (secondary N) is 3. The van der Waals surface area contributed by atoms with Crippen LogP contribution in [-0.2, 0) is 15.8 Å². The predicted octanol–water partition coefficient (Wildman–Crippen LogP) is 7.56. The third-order valence-electron chi connectivity index (χ3n) is 11.1. The fourth-order valence-electron chi connectivity index (χ4n) is 7.11. The summed E-state index contributed by atoms with van der Waals surface area (Å²) in [5, 5.41) is 8.06. The van der Waals surface area contributed by atoms with Crippen LogP contribution in [0.1, 0.15) is 89.4 Å². The third kappa shape index (κ3) is 10.8. The van der Waals surface area contributed by atoms with Crippen LogP contribution < -0.4 is 20.9 Å². The van der Waals surface area contributed by atoms with Crippen LogP contribution in [0.5, 0.6) is 5.75 Å². The molecule has 2 heterocycles. The molecule has 3 atom stereocenters. The van der Waals surface area contributed by atoms with Gasteiger partial charge in [0.1, 0.15) is 12.4 Å². The zero-order valence-electron chi connectivity index (χ0n) is 30.6. The first kappa shape index (κ1) is 37.3. The molecule has 268 valence electrons. The molecule has 0 spiro atoms. The Morgan fingerprint density at radius 3 is 2.43 bits per heavy atom. The molecule has 0 radical (unpaired) electrons. The lowest BCUT2D eigenvalue weighted by molar-refractivity contribution is -0.121. The average Bonchev–Trinajstić information content (AvgIpc) is 3.09. The lowest BCUT2D eigenvalue weighted by Crippen LogP contribution is -2.44. The second kappa shape index (κ2) is 17.3. The lowest BCUT2D eigenvalue weighted by atomic mass is 9.81. The minimum Gasteiger partial charge on any atom is -0.487 e. The molecule has 1 amide bonds. The van der Waals surface area contributed by atoms with Gasteiger partial charge in [-0.2, -0.15) is 0 Å². The van der Waals surface area contributed by atoms with E-state index in [1.807, 2.05) is 42.5 Å². The molecule has 9 heteroatoms. The van der Waals surface area contributed by atoms with Crippen molar-refractivity contribution in [3.05, 3.63) is 76.1 Å². The standard InChI is InChI=1S/C40H60N4O4Si/c1-40(2,3)49(4,5)48-36(33-17-19-35(39-34(33)18-20-38(46)43-39)47-29-30-13-8-6-9-14-30)28-41-26-31-15-12-16-32(25-31)27-42-37(45)21-24-44-22-10-7-11-23-44/h6,8-9,13-14,17-20,31-32,36,41H,7,10-12,15-16,21-29H2,1-5H3,(H,42,45)(H,43,46)/t31?,32?,36-/m0/s1. The van der Waals surface area contributed by atoms with Gasteiger partial charge in [-0.1, -0.05) is 70.0 Å². The van der Waals surface area contributed by atoms with Gasteiger partial charge >= 0.3 is 0 Å². The van der Waals surface area contributed by atoms with E-state index in [1.165, 1.54) is 38.5 Å². The number of likely N-dealkylation sites (tertiary alicyclic amines) is 1. The number of benzene rings is 2. The van der Waals surface area contributed by atoms with E-state index in [0.29, 0.717) is 42.7 Å². The minimum atomic E-state index is -2.15. The second-order valence-electron chi connectivity index (χ2n) is 15.9. The molecule has 8 nitrogen and oxygen atoms in total. The van der Waals surface area contributed by atoms with Crippen LogP contribution in [0.2, 0.25) is 18.1 Å². The van der Waals surface area contributed by atoms with Crippen LogP contribution in [0.25, 0.3) is 10.9 Å². The Hall–Kier alpha value is -2.98. The highest BCUT2D eigenvalue weighted by Gasteiger charge is 2.40. The van der Waals surface area contributed by atoms with Gasteiger partial charge in [-0.15, -0.1) is 0 Å². The van der Waals surface area contributed by atoms with Crippen molar-refractivity contribution in [1.29, 1.82) is 0 Å². The summed E-state index contributed by atoms with van der Waals surface area (Å²) in [4.78, 5) is 30.7. The molecule has 1 saturated heterocycles. The maximum atomic E-state index is 12.6. The van der Waals surface area contributed by atoms with Gasteiger partial charge in [0, 0.05) is 37.5 Å². The van der Waals surface area contributed by atoms with Crippen LogP contribution in [0.15, 0.2) is 59.4 Å². The zero-order valence-corrected chi connectivity index (χ0v) is 31.6. The first-order chi connectivity index (χ1) is 23.5. The summed E-state index contributed by atoms with van der Waals surface area (Å²) in [6.45, 7) is 17.4. The van der Waals surface area contributed by atoms with E-state index >= 15 is 0 Å². The highest BCUT2D eigenvalue weighted by Crippen LogP contribution is 2.41. The largest absolute Gasteiger partial charge is 0.487 e. The van der Waals surface area contributed by atoms with E-state index < -0.39 is 8.32 Å². The summed E-state index contributed by atoms with van der Waals surface area (Å²) in [5.74, 6) is 1.95. The van der Waals surface area contributed by atoms with Gasteiger partial charge in [0.25, 0.3) is 0 Å². The predicted molar refractivity (Wildman–Crippen MR) is 203 cm³/mol. The molecule has 3 aromatic rings. The van der Waals surface area contributed by atoms with Crippen molar-refractivity contribution >= 4 is 25.1 Å². The van der Waals surface area contributed by atoms with Crippen LogP contribution in [0, 0.1) is 11.8 Å². The SMILES string of the molecule is CC(C)(C)[Si](C)(C)O[C@@H](CNCC1CCCC(CNC(=O)CCN2CCCCC2)C1)c1ccc(OCc2ccccc2)c2[nH]c(=O)ccc12. The van der Waals surface area contributed by atoms with Crippen LogP contribution in [0.4, 0.5) is 0 Å². The van der Waals surface area contributed by atoms with Gasteiger partial charge in [0.05, 0.1) is 11.6 Å². The minimum absolute atomic E-state index is 0.0445. The number of aromatic amines is 1. The number of piperidine rings is 1. The summed E-state index contributed by atoms with van der Waals surface area (Å²) in [5.41, 5.74) is 2.68. The Bertz CT molecular complexity index is 1550. The topological polar surface area (TPSA) is 95.7 Å². The molecule has 2 aromatic carbocycles. The fourth-order valence-corrected chi connectivity index (χ4v) is 8.39. The summed E-state index contributed by atoms with van der Waals surface area (Å²) in [7, 11) is -2.15. The average molecular weight is 689 g/mol. The van der Waals surface area contributed by atoms with Crippen molar-refractivity contribution in [3.63, 3.8) is 0 Å². The van der Waals surface area contributed by atoms with E-state index in [1.54, 1.807) is 6.07 Å². The molecule has 2 unspecified atom stereocenters. The number of carbonyl (C=O) groups excluding carboxylic acids is 1. The molecule has 2 fully saturated rings. The van der Waals surface area contributed by atoms with Crippen molar-refractivity contribution < 1.29 is 14.0 Å². The molecule has 1 aliphatic heterocycles. The number of hydrogen-bond acceptors (Lipinski definition) is 6. The molecule has 5 rings (SSSR count). The lowest BCUT2D eigenvalue weighted by Gasteiger charge is -2.40. The molecule has 2 aliphatic rings. The number of ether oxygens (including phenoxy) is 1. The van der Waals surface area contributed by atoms with Gasteiger partial charge < -0.3 is 29.7 Å². The van der Waals surface area contributed by atoms with E-state index in [9.17, 15) is 9.59 Å². The summed E-state index contributed by atoms with van der Waals surface area (Å²) < 4.78 is 13.4. The zero-order chi connectivity index (χ0) is 34.9. The first-order valence-corrected chi connectivity index (χ1v) is 21.6. The summed E-state index contributed by atoms with van der Waals surface area (Å²) >= 11 is 0. The summed E-state index contributed by atoms with van der Waals surface area (Å²) in [6, 6.07) is 17.7. The maximum absolute atomic E-state index is 12.6. The van der Waals surface area contributed by atoms with Crippen molar-refractivity contribution in [1.82, 2.24) is 20.5 Å². The number of H-pyrrole nitrogens is 1. The molecule has 1 aliphatic carbocycles. The molecule has 1 aromatic heterocycles. The normalized spacial score (nSPS) is 19.9. The Labute approximate surface area is 294 Å². The van der Waals surface area contributed by atoms with Crippen molar-refractivity contribution in [3.8, 4) is 5.75 Å². The van der Waals surface area contributed by atoms with Crippen molar-refractivity contribution in [2.24, 2.45) is 11.8 Å². The number of hydrogen-bond donors (Lipinski definition) is 3. The highest BCUT2D eigenvalue weighted by molar-refractivity contribution is 6.74. The second-order valence-corrected chi connectivity index (χ2v) is 20.7. The highest BCUT2D eigenvalue weighted by atomic mass is 28.4. The van der Waals surface area contributed by atoms with E-state index in [4.69, 9.17) is 9.16 Å². The monoisotopic (exact) mass is 688 g/mol. The molecular weight excluding hydrogens is 629 g/mol. The number of rotatable bonds is 15. The number of amides is 1. The van der Waals surface area contributed by atoms with Crippen molar-refractivity contribution in [2.75, 3.05) is 39.3 Å². The molecule has 49 heavy (non-hydrogen) atoms. The van der Waals surface area contributed by atoms with Gasteiger partial charge in [-0.05, 0) is 105 Å². The number of fused-ring (bicyclic) bond motifs is 1. The number of carbonyl (C=O) groups is 1. The molecule has 1 saturated carbocycles. The Morgan fingerprint density at radius 2 is 1.69 bits per heavy atom. The Kier molecular flexibility index (Phi) is 13.2. The quantitative estimate of drug-likeness (QED) is 0.143. The van der Waals surface area contributed by atoms with Gasteiger partial charge in [0.2, 0.25) is 11.5 Å². The van der Waals surface area contributed by atoms with Crippen molar-refractivity contribution in [2.45, 2.75) is 103 Å². The first-order valence-electron chi connectivity index (χ1n) is 18.7. The third-order valence-corrected chi connectivity index (χ3v) is 15.5. The number of pyridine rings is 1.